The monoisotopic (exact) mass is 243 g/mol. The summed E-state index contributed by atoms with van der Waals surface area (Å²) in [6.45, 7) is 8.35. The van der Waals surface area contributed by atoms with E-state index in [9.17, 15) is 0 Å². The van der Waals surface area contributed by atoms with Crippen LogP contribution in [0, 0.1) is 5.92 Å². The number of hydrogen-bond acceptors (Lipinski definition) is 0. The van der Waals surface area contributed by atoms with E-state index in [1.165, 1.54) is 49.7 Å². The van der Waals surface area contributed by atoms with Crippen LogP contribution in [0.25, 0.3) is 6.08 Å². The predicted molar refractivity (Wildman–Crippen MR) is 82.5 cm³/mol. The van der Waals surface area contributed by atoms with Gasteiger partial charge in [0.2, 0.25) is 0 Å². The Bertz CT molecular complexity index is 312. The van der Waals surface area contributed by atoms with E-state index >= 15 is 0 Å². The molecule has 0 saturated heterocycles. The fourth-order valence-corrected chi connectivity index (χ4v) is 2.22. The minimum atomic E-state index is 1.16. The van der Waals surface area contributed by atoms with E-state index in [4.69, 9.17) is 0 Å². The van der Waals surface area contributed by atoms with Crippen LogP contribution in [-0.4, -0.2) is 0 Å². The van der Waals surface area contributed by atoms with Gasteiger partial charge in [0, 0.05) is 0 Å². The highest BCUT2D eigenvalue weighted by Crippen LogP contribution is 2.23. The Morgan fingerprint density at radius 3 is 2.00 bits per heavy atom. The summed E-state index contributed by atoms with van der Waals surface area (Å²) in [5.74, 6) is 1.73. The second-order valence-corrected chi connectivity index (χ2v) is 5.08. The molecule has 0 heteroatoms. The summed E-state index contributed by atoms with van der Waals surface area (Å²) in [5.41, 5.74) is 2.66. The third-order valence-electron chi connectivity index (χ3n) is 3.44. The lowest BCUT2D eigenvalue weighted by Gasteiger charge is -2.16. The Labute approximate surface area is 113 Å². The first kappa shape index (κ1) is 15.0. The molecule has 0 bridgehead atoms. The van der Waals surface area contributed by atoms with Crippen LogP contribution < -0.4 is 0 Å². The summed E-state index contributed by atoms with van der Waals surface area (Å²) in [6, 6.07) is 8.82. The Morgan fingerprint density at radius 2 is 1.56 bits per heavy atom. The van der Waals surface area contributed by atoms with E-state index in [1.807, 2.05) is 6.08 Å². The van der Waals surface area contributed by atoms with Crippen LogP contribution in [0.15, 0.2) is 30.8 Å². The maximum atomic E-state index is 3.80. The van der Waals surface area contributed by atoms with Crippen LogP contribution in [-0.2, 0) is 6.42 Å². The van der Waals surface area contributed by atoms with Crippen molar-refractivity contribution in [3.63, 3.8) is 0 Å². The molecule has 0 aromatic heterocycles. The van der Waals surface area contributed by atoms with Crippen LogP contribution in [0.2, 0.25) is 0 Å². The van der Waals surface area contributed by atoms with E-state index in [0.717, 1.165) is 6.42 Å². The SMILES string of the molecule is C=Cc1ccc(C[C](CCCC)CCCC)cc1. The van der Waals surface area contributed by atoms with Crippen molar-refractivity contribution >= 4 is 6.08 Å². The molecule has 99 valence electrons. The van der Waals surface area contributed by atoms with Gasteiger partial charge in [-0.1, -0.05) is 76.5 Å². The molecular weight excluding hydrogens is 216 g/mol. The molecule has 1 aromatic carbocycles. The molecule has 1 aromatic rings. The lowest BCUT2D eigenvalue weighted by atomic mass is 9.89. The van der Waals surface area contributed by atoms with Gasteiger partial charge in [-0.2, -0.15) is 0 Å². The molecule has 0 amide bonds. The van der Waals surface area contributed by atoms with E-state index in [1.54, 1.807) is 5.92 Å². The molecule has 0 fully saturated rings. The highest BCUT2D eigenvalue weighted by Gasteiger charge is 2.09. The third kappa shape index (κ3) is 5.53. The summed E-state index contributed by atoms with van der Waals surface area (Å²) >= 11 is 0. The first-order valence-electron chi connectivity index (χ1n) is 7.35. The zero-order chi connectivity index (χ0) is 13.2. The number of unbranched alkanes of at least 4 members (excludes halogenated alkanes) is 2. The first-order valence-corrected chi connectivity index (χ1v) is 7.35. The second-order valence-electron chi connectivity index (χ2n) is 5.08. The Balaban J connectivity index is 2.53. The summed E-state index contributed by atoms with van der Waals surface area (Å²) < 4.78 is 0. The smallest absolute Gasteiger partial charge is 0.0197 e. The van der Waals surface area contributed by atoms with Gasteiger partial charge in [-0.05, 0) is 36.3 Å². The molecule has 0 aliphatic carbocycles. The first-order chi connectivity index (χ1) is 8.80. The summed E-state index contributed by atoms with van der Waals surface area (Å²) in [6.07, 6.45) is 10.9. The van der Waals surface area contributed by atoms with Gasteiger partial charge >= 0.3 is 0 Å². The number of benzene rings is 1. The molecule has 1 radical (unpaired) electrons. The minimum absolute atomic E-state index is 1.16. The van der Waals surface area contributed by atoms with Crippen LogP contribution >= 0.6 is 0 Å². The van der Waals surface area contributed by atoms with Gasteiger partial charge in [0.25, 0.3) is 0 Å². The van der Waals surface area contributed by atoms with Crippen molar-refractivity contribution in [2.45, 2.75) is 58.8 Å². The molecule has 0 heterocycles. The zero-order valence-corrected chi connectivity index (χ0v) is 12.0. The van der Waals surface area contributed by atoms with Crippen LogP contribution in [0.1, 0.15) is 63.5 Å². The van der Waals surface area contributed by atoms with Crippen molar-refractivity contribution in [1.82, 2.24) is 0 Å². The molecule has 0 nitrogen and oxygen atoms in total. The number of hydrogen-bond donors (Lipinski definition) is 0. The molecule has 0 N–H and O–H groups in total. The van der Waals surface area contributed by atoms with E-state index in [2.05, 4.69) is 44.7 Å². The zero-order valence-electron chi connectivity index (χ0n) is 12.0. The molecule has 0 aliphatic rings. The van der Waals surface area contributed by atoms with Crippen molar-refractivity contribution in [1.29, 1.82) is 0 Å². The maximum Gasteiger partial charge on any atom is -0.0197 e. The lowest BCUT2D eigenvalue weighted by Crippen LogP contribution is -2.02. The van der Waals surface area contributed by atoms with E-state index in [-0.39, 0.29) is 0 Å². The molecule has 0 spiro atoms. The van der Waals surface area contributed by atoms with Gasteiger partial charge in [0.15, 0.2) is 0 Å². The summed E-state index contributed by atoms with van der Waals surface area (Å²) in [4.78, 5) is 0. The van der Waals surface area contributed by atoms with Crippen LogP contribution in [0.3, 0.4) is 0 Å². The highest BCUT2D eigenvalue weighted by atomic mass is 14.1. The number of rotatable bonds is 9. The predicted octanol–water partition coefficient (Wildman–Crippen LogP) is 5.83. The van der Waals surface area contributed by atoms with Gasteiger partial charge in [-0.25, -0.2) is 0 Å². The van der Waals surface area contributed by atoms with Gasteiger partial charge in [0.1, 0.15) is 0 Å². The third-order valence-corrected chi connectivity index (χ3v) is 3.44. The quantitative estimate of drug-likeness (QED) is 0.512. The molecular formula is C18H27. The average molecular weight is 243 g/mol. The molecule has 0 saturated carbocycles. The Hall–Kier alpha value is -1.04. The van der Waals surface area contributed by atoms with Crippen molar-refractivity contribution in [3.05, 3.63) is 47.9 Å². The Kier molecular flexibility index (Phi) is 7.48. The fraction of sp³-hybridized carbons (Fsp3) is 0.500. The standard InChI is InChI=1S/C18H27/c1-4-7-9-17(10-8-5-2)15-18-13-11-16(6-3)12-14-18/h6,11-14H,3-5,7-10,15H2,1-2H3. The highest BCUT2D eigenvalue weighted by molar-refractivity contribution is 5.47. The summed E-state index contributed by atoms with van der Waals surface area (Å²) in [5, 5.41) is 0. The topological polar surface area (TPSA) is 0 Å². The van der Waals surface area contributed by atoms with Crippen molar-refractivity contribution in [3.8, 4) is 0 Å². The van der Waals surface area contributed by atoms with Gasteiger partial charge in [0.05, 0.1) is 0 Å². The fourth-order valence-electron chi connectivity index (χ4n) is 2.22. The summed E-state index contributed by atoms with van der Waals surface area (Å²) in [7, 11) is 0. The van der Waals surface area contributed by atoms with E-state index < -0.39 is 0 Å². The molecule has 0 aliphatic heterocycles. The van der Waals surface area contributed by atoms with Gasteiger partial charge in [-0.3, -0.25) is 0 Å². The van der Waals surface area contributed by atoms with Crippen molar-refractivity contribution in [2.24, 2.45) is 0 Å². The van der Waals surface area contributed by atoms with E-state index in [0.29, 0.717) is 0 Å². The van der Waals surface area contributed by atoms with Gasteiger partial charge in [-0.15, -0.1) is 0 Å². The molecule has 1 rings (SSSR count). The normalized spacial score (nSPS) is 10.8. The van der Waals surface area contributed by atoms with Gasteiger partial charge < -0.3 is 0 Å². The largest absolute Gasteiger partial charge is 0.0985 e. The maximum absolute atomic E-state index is 3.80. The van der Waals surface area contributed by atoms with Crippen molar-refractivity contribution < 1.29 is 0 Å². The average Bonchev–Trinajstić information content (AvgIpc) is 2.42. The minimum Gasteiger partial charge on any atom is -0.0985 e. The lowest BCUT2D eigenvalue weighted by molar-refractivity contribution is 0.612. The van der Waals surface area contributed by atoms with Crippen LogP contribution in [0.4, 0.5) is 0 Å². The molecule has 18 heavy (non-hydrogen) atoms. The molecule has 0 atom stereocenters. The molecule has 0 unspecified atom stereocenters. The Morgan fingerprint density at radius 1 is 1.00 bits per heavy atom. The van der Waals surface area contributed by atoms with Crippen molar-refractivity contribution in [2.75, 3.05) is 0 Å². The second kappa shape index (κ2) is 8.97. The van der Waals surface area contributed by atoms with Crippen LogP contribution in [0.5, 0.6) is 0 Å².